The molecule has 0 spiro atoms. The minimum Gasteiger partial charge on any atom is -0.381 e. The molecule has 2 N–H and O–H groups in total. The Morgan fingerprint density at radius 3 is 2.54 bits per heavy atom. The van der Waals surface area contributed by atoms with Crippen molar-refractivity contribution < 1.29 is 23.9 Å². The number of amides is 2. The minimum absolute atomic E-state index is 0.0419. The molecule has 158 valence electrons. The van der Waals surface area contributed by atoms with E-state index in [0.29, 0.717) is 38.9 Å². The first kappa shape index (κ1) is 21.2. The van der Waals surface area contributed by atoms with Crippen LogP contribution in [-0.4, -0.2) is 55.6 Å². The van der Waals surface area contributed by atoms with E-state index in [1.54, 1.807) is 0 Å². The maximum atomic E-state index is 13.1. The van der Waals surface area contributed by atoms with Crippen molar-refractivity contribution in [1.82, 2.24) is 10.6 Å². The lowest BCUT2D eigenvalue weighted by Gasteiger charge is -2.31. The van der Waals surface area contributed by atoms with Gasteiger partial charge in [0.1, 0.15) is 18.7 Å². The average Bonchev–Trinajstić information content (AvgIpc) is 3.28. The Kier molecular flexibility index (Phi) is 7.10. The van der Waals surface area contributed by atoms with Gasteiger partial charge in [-0.15, -0.1) is 0 Å². The van der Waals surface area contributed by atoms with Gasteiger partial charge in [-0.3, -0.25) is 14.4 Å². The highest BCUT2D eigenvalue weighted by Gasteiger charge is 2.40. The Labute approximate surface area is 167 Å². The van der Waals surface area contributed by atoms with Gasteiger partial charge < -0.3 is 20.1 Å². The maximum absolute atomic E-state index is 13.1. The van der Waals surface area contributed by atoms with Crippen molar-refractivity contribution in [1.29, 1.82) is 0 Å². The van der Waals surface area contributed by atoms with Crippen molar-refractivity contribution >= 4 is 17.6 Å². The van der Waals surface area contributed by atoms with Gasteiger partial charge in [-0.1, -0.05) is 26.7 Å². The van der Waals surface area contributed by atoms with E-state index in [-0.39, 0.29) is 41.6 Å². The Bertz CT molecular complexity index is 581. The van der Waals surface area contributed by atoms with Crippen LogP contribution in [0.25, 0.3) is 0 Å². The fourth-order valence-corrected chi connectivity index (χ4v) is 4.75. The van der Waals surface area contributed by atoms with Gasteiger partial charge in [-0.05, 0) is 43.9 Å². The third-order valence-corrected chi connectivity index (χ3v) is 6.59. The third-order valence-electron chi connectivity index (χ3n) is 6.59. The zero-order chi connectivity index (χ0) is 20.1. The predicted octanol–water partition coefficient (Wildman–Crippen LogP) is 1.73. The molecule has 0 aromatic rings. The zero-order valence-electron chi connectivity index (χ0n) is 17.1. The molecule has 1 saturated carbocycles. The van der Waals surface area contributed by atoms with E-state index in [4.69, 9.17) is 9.47 Å². The van der Waals surface area contributed by atoms with Gasteiger partial charge in [0.05, 0.1) is 6.10 Å². The highest BCUT2D eigenvalue weighted by atomic mass is 16.5. The lowest BCUT2D eigenvalue weighted by Crippen LogP contribution is -2.55. The lowest BCUT2D eigenvalue weighted by atomic mass is 9.81. The molecular formula is C21H34N2O5. The summed E-state index contributed by atoms with van der Waals surface area (Å²) in [7, 11) is 0. The summed E-state index contributed by atoms with van der Waals surface area (Å²) < 4.78 is 10.8. The van der Waals surface area contributed by atoms with Crippen LogP contribution in [0.4, 0.5) is 0 Å². The predicted molar refractivity (Wildman–Crippen MR) is 104 cm³/mol. The molecule has 0 bridgehead atoms. The second-order valence-corrected chi connectivity index (χ2v) is 8.88. The summed E-state index contributed by atoms with van der Waals surface area (Å²) in [6.45, 7) is 5.34. The number of hydrogen-bond donors (Lipinski definition) is 2. The second-order valence-electron chi connectivity index (χ2n) is 8.88. The largest absolute Gasteiger partial charge is 0.381 e. The first-order valence-electron chi connectivity index (χ1n) is 10.7. The van der Waals surface area contributed by atoms with Crippen molar-refractivity contribution in [2.75, 3.05) is 19.8 Å². The van der Waals surface area contributed by atoms with E-state index in [0.717, 1.165) is 25.7 Å². The van der Waals surface area contributed by atoms with Crippen LogP contribution >= 0.6 is 0 Å². The highest BCUT2D eigenvalue weighted by molar-refractivity contribution is 5.94. The molecular weight excluding hydrogens is 360 g/mol. The minimum atomic E-state index is -0.621. The number of carbonyl (C=O) groups is 3. The fourth-order valence-electron chi connectivity index (χ4n) is 4.75. The van der Waals surface area contributed by atoms with Crippen molar-refractivity contribution in [3.63, 3.8) is 0 Å². The maximum Gasteiger partial charge on any atom is 0.243 e. The lowest BCUT2D eigenvalue weighted by molar-refractivity contribution is -0.134. The standard InChI is InChI=1S/C21H34N2O5/c1-3-17-18(16(24)13-28-17)23-20(26)15(12-21(2)8-4-5-9-21)22-19(25)14-6-10-27-11-7-14/h14-15,17-18H,3-13H2,1-2H3,(H,22,25)(H,23,26)/t15?,17-,18+/m0/s1. The van der Waals surface area contributed by atoms with Crippen molar-refractivity contribution in [2.24, 2.45) is 11.3 Å². The monoisotopic (exact) mass is 394 g/mol. The molecule has 7 heteroatoms. The quantitative estimate of drug-likeness (QED) is 0.686. The molecule has 0 aromatic carbocycles. The summed E-state index contributed by atoms with van der Waals surface area (Å²) in [5.74, 6) is -0.552. The summed E-state index contributed by atoms with van der Waals surface area (Å²) in [5.41, 5.74) is 0.0469. The molecule has 2 aliphatic heterocycles. The number of rotatable bonds is 7. The molecule has 0 radical (unpaired) electrons. The number of carbonyl (C=O) groups excluding carboxylic acids is 3. The van der Waals surface area contributed by atoms with Gasteiger partial charge in [-0.2, -0.15) is 0 Å². The van der Waals surface area contributed by atoms with Crippen LogP contribution in [0.2, 0.25) is 0 Å². The molecule has 3 rings (SSSR count). The molecule has 2 amide bonds. The van der Waals surface area contributed by atoms with Crippen LogP contribution < -0.4 is 10.6 Å². The third kappa shape index (κ3) is 5.11. The molecule has 3 atom stereocenters. The SMILES string of the molecule is CC[C@@H]1OCC(=O)[C@H]1NC(=O)C(CC1(C)CCCC1)NC(=O)C1CCOCC1. The Hall–Kier alpha value is -1.47. The van der Waals surface area contributed by atoms with Gasteiger partial charge in [0.25, 0.3) is 0 Å². The topological polar surface area (TPSA) is 93.7 Å². The summed E-state index contributed by atoms with van der Waals surface area (Å²) in [6, 6.07) is -1.24. The Morgan fingerprint density at radius 2 is 1.89 bits per heavy atom. The molecule has 28 heavy (non-hydrogen) atoms. The molecule has 0 aromatic heterocycles. The second kappa shape index (κ2) is 9.35. The van der Waals surface area contributed by atoms with E-state index < -0.39 is 12.1 Å². The van der Waals surface area contributed by atoms with E-state index in [2.05, 4.69) is 17.6 Å². The van der Waals surface area contributed by atoms with Crippen molar-refractivity contribution in [2.45, 2.75) is 83.4 Å². The smallest absolute Gasteiger partial charge is 0.243 e. The van der Waals surface area contributed by atoms with Crippen molar-refractivity contribution in [3.8, 4) is 0 Å². The fraction of sp³-hybridized carbons (Fsp3) is 0.857. The number of Topliss-reactive ketones (excluding diaryl/α,β-unsaturated/α-hetero) is 1. The van der Waals surface area contributed by atoms with Crippen LogP contribution in [0.15, 0.2) is 0 Å². The first-order chi connectivity index (χ1) is 13.4. The van der Waals surface area contributed by atoms with Crippen molar-refractivity contribution in [3.05, 3.63) is 0 Å². The molecule has 1 unspecified atom stereocenters. The summed E-state index contributed by atoms with van der Waals surface area (Å²) in [6.07, 6.45) is 6.79. The summed E-state index contributed by atoms with van der Waals surface area (Å²) in [4.78, 5) is 38.0. The van der Waals surface area contributed by atoms with E-state index in [1.165, 1.54) is 0 Å². The van der Waals surface area contributed by atoms with Crippen LogP contribution in [0.5, 0.6) is 0 Å². The molecule has 2 saturated heterocycles. The Morgan fingerprint density at radius 1 is 1.21 bits per heavy atom. The molecule has 1 aliphatic carbocycles. The molecule has 3 fully saturated rings. The summed E-state index contributed by atoms with van der Waals surface area (Å²) in [5, 5.41) is 5.88. The zero-order valence-corrected chi connectivity index (χ0v) is 17.1. The average molecular weight is 395 g/mol. The van der Waals surface area contributed by atoms with Gasteiger partial charge in [-0.25, -0.2) is 0 Å². The normalized spacial score (nSPS) is 28.9. The number of hydrogen-bond acceptors (Lipinski definition) is 5. The van der Waals surface area contributed by atoms with Gasteiger partial charge in [0.15, 0.2) is 5.78 Å². The number of nitrogens with one attached hydrogen (secondary N) is 2. The molecule has 7 nitrogen and oxygen atoms in total. The van der Waals surface area contributed by atoms with Gasteiger partial charge in [0.2, 0.25) is 11.8 Å². The summed E-state index contributed by atoms with van der Waals surface area (Å²) >= 11 is 0. The van der Waals surface area contributed by atoms with Crippen LogP contribution in [0.3, 0.4) is 0 Å². The number of ether oxygens (including phenoxy) is 2. The molecule has 3 aliphatic rings. The first-order valence-corrected chi connectivity index (χ1v) is 10.7. The van der Waals surface area contributed by atoms with Gasteiger partial charge >= 0.3 is 0 Å². The Balaban J connectivity index is 1.68. The van der Waals surface area contributed by atoms with Crippen LogP contribution in [0.1, 0.15) is 65.2 Å². The van der Waals surface area contributed by atoms with Crippen LogP contribution in [-0.2, 0) is 23.9 Å². The molecule has 2 heterocycles. The van der Waals surface area contributed by atoms with Crippen LogP contribution in [0, 0.1) is 11.3 Å². The van der Waals surface area contributed by atoms with E-state index in [1.807, 2.05) is 6.92 Å². The van der Waals surface area contributed by atoms with E-state index >= 15 is 0 Å². The van der Waals surface area contributed by atoms with E-state index in [9.17, 15) is 14.4 Å². The van der Waals surface area contributed by atoms with Gasteiger partial charge in [0, 0.05) is 19.1 Å². The highest BCUT2D eigenvalue weighted by Crippen LogP contribution is 2.41. The number of ketones is 1.